The number of nitrogens with zero attached hydrogens (tertiary/aromatic N) is 1. The van der Waals surface area contributed by atoms with Gasteiger partial charge in [-0.25, -0.2) is 4.39 Å². The Bertz CT molecular complexity index is 392. The maximum Gasteiger partial charge on any atom is 0.146 e. The van der Waals surface area contributed by atoms with Crippen molar-refractivity contribution in [1.29, 1.82) is 0 Å². The topological polar surface area (TPSA) is 23.5 Å². The highest BCUT2D eigenvalue weighted by atomic mass is 19.1. The van der Waals surface area contributed by atoms with Crippen LogP contribution in [0, 0.1) is 11.7 Å². The second-order valence-electron chi connectivity index (χ2n) is 5.05. The summed E-state index contributed by atoms with van der Waals surface area (Å²) in [5.41, 5.74) is 1.30. The molecule has 1 heterocycles. The third-order valence-corrected chi connectivity index (χ3v) is 3.60. The molecule has 1 aliphatic heterocycles. The molecule has 1 aromatic rings. The Morgan fingerprint density at radius 3 is 2.88 bits per heavy atom. The summed E-state index contributed by atoms with van der Waals surface area (Å²) in [4.78, 5) is 2.13. The van der Waals surface area contributed by atoms with Crippen LogP contribution in [-0.4, -0.2) is 17.7 Å². The molecule has 1 N–H and O–H groups in total. The first kappa shape index (κ1) is 12.4. The first-order chi connectivity index (χ1) is 8.15. The van der Waals surface area contributed by atoms with Crippen molar-refractivity contribution in [1.82, 2.24) is 0 Å². The fraction of sp³-hybridized carbons (Fsp3) is 0.571. The zero-order valence-corrected chi connectivity index (χ0v) is 10.5. The Morgan fingerprint density at radius 1 is 1.47 bits per heavy atom. The van der Waals surface area contributed by atoms with Crippen molar-refractivity contribution in [3.05, 3.63) is 29.6 Å². The highest BCUT2D eigenvalue weighted by Gasteiger charge is 2.30. The SMILES string of the molecule is CC(C)C1CCCN1c1c(F)cccc1CO. The van der Waals surface area contributed by atoms with Gasteiger partial charge in [0.25, 0.3) is 0 Å². The van der Waals surface area contributed by atoms with Crippen molar-refractivity contribution in [3.8, 4) is 0 Å². The molecule has 1 aliphatic rings. The lowest BCUT2D eigenvalue weighted by molar-refractivity contribution is 0.281. The number of hydrogen-bond acceptors (Lipinski definition) is 2. The minimum absolute atomic E-state index is 0.103. The van der Waals surface area contributed by atoms with E-state index in [9.17, 15) is 9.50 Å². The number of hydrogen-bond donors (Lipinski definition) is 1. The van der Waals surface area contributed by atoms with E-state index in [1.807, 2.05) is 0 Å². The van der Waals surface area contributed by atoms with Gasteiger partial charge in [0.1, 0.15) is 5.82 Å². The van der Waals surface area contributed by atoms with Crippen LogP contribution in [0.4, 0.5) is 10.1 Å². The molecule has 2 rings (SSSR count). The van der Waals surface area contributed by atoms with E-state index in [1.165, 1.54) is 6.07 Å². The van der Waals surface area contributed by atoms with Crippen LogP contribution in [0.3, 0.4) is 0 Å². The second-order valence-corrected chi connectivity index (χ2v) is 5.05. The lowest BCUT2D eigenvalue weighted by Gasteiger charge is -2.31. The molecule has 0 aromatic heterocycles. The van der Waals surface area contributed by atoms with Gasteiger partial charge in [0, 0.05) is 18.2 Å². The smallest absolute Gasteiger partial charge is 0.146 e. The number of aliphatic hydroxyl groups is 1. The van der Waals surface area contributed by atoms with E-state index in [1.54, 1.807) is 12.1 Å². The van der Waals surface area contributed by atoms with Crippen molar-refractivity contribution in [2.75, 3.05) is 11.4 Å². The molecule has 1 saturated heterocycles. The minimum atomic E-state index is -0.218. The lowest BCUT2D eigenvalue weighted by atomic mass is 10.0. The van der Waals surface area contributed by atoms with Crippen molar-refractivity contribution < 1.29 is 9.50 Å². The quantitative estimate of drug-likeness (QED) is 0.873. The molecular weight excluding hydrogens is 217 g/mol. The van der Waals surface area contributed by atoms with Crippen LogP contribution in [0.1, 0.15) is 32.3 Å². The summed E-state index contributed by atoms with van der Waals surface area (Å²) < 4.78 is 14.0. The van der Waals surface area contributed by atoms with Crippen LogP contribution in [0.25, 0.3) is 0 Å². The molecule has 0 bridgehead atoms. The molecule has 1 unspecified atom stereocenters. The van der Waals surface area contributed by atoms with E-state index in [0.29, 0.717) is 23.2 Å². The summed E-state index contributed by atoms with van der Waals surface area (Å²) in [6.07, 6.45) is 2.21. The predicted molar refractivity (Wildman–Crippen MR) is 67.5 cm³/mol. The Labute approximate surface area is 102 Å². The fourth-order valence-corrected chi connectivity index (χ4v) is 2.77. The van der Waals surface area contributed by atoms with Gasteiger partial charge in [0.15, 0.2) is 0 Å². The highest BCUT2D eigenvalue weighted by Crippen LogP contribution is 2.34. The number of benzene rings is 1. The first-order valence-electron chi connectivity index (χ1n) is 6.30. The summed E-state index contributed by atoms with van der Waals surface area (Å²) in [5, 5.41) is 9.33. The van der Waals surface area contributed by atoms with Crippen LogP contribution in [0.15, 0.2) is 18.2 Å². The lowest BCUT2D eigenvalue weighted by Crippen LogP contribution is -2.34. The Hall–Kier alpha value is -1.09. The zero-order chi connectivity index (χ0) is 12.4. The van der Waals surface area contributed by atoms with Crippen molar-refractivity contribution in [2.24, 2.45) is 5.92 Å². The van der Waals surface area contributed by atoms with E-state index < -0.39 is 0 Å². The molecule has 1 aromatic carbocycles. The van der Waals surface area contributed by atoms with Crippen molar-refractivity contribution in [3.63, 3.8) is 0 Å². The van der Waals surface area contributed by atoms with Crippen molar-refractivity contribution in [2.45, 2.75) is 39.3 Å². The molecule has 1 fully saturated rings. The Morgan fingerprint density at radius 2 is 2.24 bits per heavy atom. The standard InChI is InChI=1S/C14H20FNO/c1-10(2)13-7-4-8-16(13)14-11(9-17)5-3-6-12(14)15/h3,5-6,10,13,17H,4,7-9H2,1-2H3. The van der Waals surface area contributed by atoms with Gasteiger partial charge in [0.2, 0.25) is 0 Å². The number of halogens is 1. The van der Waals surface area contributed by atoms with Crippen LogP contribution < -0.4 is 4.90 Å². The fourth-order valence-electron chi connectivity index (χ4n) is 2.77. The number of para-hydroxylation sites is 1. The molecule has 3 heteroatoms. The van der Waals surface area contributed by atoms with Gasteiger partial charge in [-0.3, -0.25) is 0 Å². The van der Waals surface area contributed by atoms with Crippen LogP contribution in [0.5, 0.6) is 0 Å². The van der Waals surface area contributed by atoms with E-state index >= 15 is 0 Å². The number of aliphatic hydroxyl groups excluding tert-OH is 1. The molecule has 1 atom stereocenters. The summed E-state index contributed by atoms with van der Waals surface area (Å²) in [6.45, 7) is 5.12. The van der Waals surface area contributed by atoms with E-state index in [2.05, 4.69) is 18.7 Å². The normalized spacial score (nSPS) is 20.3. The molecule has 2 nitrogen and oxygen atoms in total. The summed E-state index contributed by atoms with van der Waals surface area (Å²) >= 11 is 0. The number of anilines is 1. The van der Waals surface area contributed by atoms with Gasteiger partial charge in [-0.2, -0.15) is 0 Å². The van der Waals surface area contributed by atoms with Gasteiger partial charge in [-0.1, -0.05) is 26.0 Å². The zero-order valence-electron chi connectivity index (χ0n) is 10.5. The van der Waals surface area contributed by atoms with E-state index in [0.717, 1.165) is 19.4 Å². The Kier molecular flexibility index (Phi) is 3.67. The maximum atomic E-state index is 14.0. The first-order valence-corrected chi connectivity index (χ1v) is 6.30. The molecular formula is C14H20FNO. The molecule has 0 amide bonds. The molecule has 0 radical (unpaired) electrons. The van der Waals surface area contributed by atoms with Crippen molar-refractivity contribution >= 4 is 5.69 Å². The molecule has 17 heavy (non-hydrogen) atoms. The summed E-state index contributed by atoms with van der Waals surface area (Å²) in [7, 11) is 0. The predicted octanol–water partition coefficient (Wildman–Crippen LogP) is 2.94. The largest absolute Gasteiger partial charge is 0.392 e. The van der Waals surface area contributed by atoms with Crippen LogP contribution in [0.2, 0.25) is 0 Å². The van der Waals surface area contributed by atoms with Gasteiger partial charge in [-0.05, 0) is 24.8 Å². The van der Waals surface area contributed by atoms with E-state index in [4.69, 9.17) is 0 Å². The third-order valence-electron chi connectivity index (χ3n) is 3.60. The average Bonchev–Trinajstić information content (AvgIpc) is 2.77. The number of rotatable bonds is 3. The summed E-state index contributed by atoms with van der Waals surface area (Å²) in [6, 6.07) is 5.32. The summed E-state index contributed by atoms with van der Waals surface area (Å²) in [5.74, 6) is 0.285. The van der Waals surface area contributed by atoms with Gasteiger partial charge >= 0.3 is 0 Å². The van der Waals surface area contributed by atoms with Gasteiger partial charge < -0.3 is 10.0 Å². The van der Waals surface area contributed by atoms with Gasteiger partial charge in [0.05, 0.1) is 12.3 Å². The Balaban J connectivity index is 2.39. The van der Waals surface area contributed by atoms with E-state index in [-0.39, 0.29) is 12.4 Å². The maximum absolute atomic E-state index is 14.0. The van der Waals surface area contributed by atoms with Crippen LogP contribution >= 0.6 is 0 Å². The van der Waals surface area contributed by atoms with Gasteiger partial charge in [-0.15, -0.1) is 0 Å². The second kappa shape index (κ2) is 5.05. The minimum Gasteiger partial charge on any atom is -0.392 e. The molecule has 0 aliphatic carbocycles. The molecule has 94 valence electrons. The monoisotopic (exact) mass is 237 g/mol. The van der Waals surface area contributed by atoms with Crippen LogP contribution in [-0.2, 0) is 6.61 Å². The third kappa shape index (κ3) is 2.29. The average molecular weight is 237 g/mol. The molecule has 0 spiro atoms. The molecule has 0 saturated carbocycles. The highest BCUT2D eigenvalue weighted by molar-refractivity contribution is 5.56.